The molecule has 28 heavy (non-hydrogen) atoms. The van der Waals surface area contributed by atoms with Crippen LogP contribution in [0.4, 0.5) is 0 Å². The van der Waals surface area contributed by atoms with Crippen molar-refractivity contribution in [2.75, 3.05) is 13.6 Å². The van der Waals surface area contributed by atoms with Gasteiger partial charge in [0.1, 0.15) is 0 Å². The summed E-state index contributed by atoms with van der Waals surface area (Å²) in [5.41, 5.74) is 10.0. The lowest BCUT2D eigenvalue weighted by atomic mass is 9.39. The second-order valence-corrected chi connectivity index (χ2v) is 9.13. The van der Waals surface area contributed by atoms with Crippen LogP contribution in [0.25, 0.3) is 11.3 Å². The summed E-state index contributed by atoms with van der Waals surface area (Å²) in [5.74, 6) is 3.06. The largest absolute Gasteiger partial charge is 0.389 e. The molecule has 1 N–H and O–H groups in total. The number of hydrogen-bond donors (Lipinski definition) is 1. The van der Waals surface area contributed by atoms with E-state index in [1.54, 1.807) is 10.4 Å². The van der Waals surface area contributed by atoms with Crippen molar-refractivity contribution in [3.63, 3.8) is 0 Å². The molecule has 146 valence electrons. The molecule has 4 heteroatoms. The van der Waals surface area contributed by atoms with Gasteiger partial charge in [0.05, 0.1) is 0 Å². The zero-order valence-corrected chi connectivity index (χ0v) is 18.5. The number of fused-ring (bicyclic) bond motifs is 3. The number of hydrogen-bond acceptors (Lipinski definition) is 3. The van der Waals surface area contributed by atoms with Crippen molar-refractivity contribution in [1.82, 2.24) is 10.2 Å². The highest BCUT2D eigenvalue weighted by molar-refractivity contribution is 7.10. The van der Waals surface area contributed by atoms with E-state index >= 15 is 0 Å². The van der Waals surface area contributed by atoms with E-state index in [0.29, 0.717) is 12.7 Å². The molecule has 1 atom stereocenters. The van der Waals surface area contributed by atoms with Crippen molar-refractivity contribution in [2.45, 2.75) is 52.4 Å². The second kappa shape index (κ2) is 7.92. The molecule has 0 radical (unpaired) electrons. The maximum absolute atomic E-state index is 4.20. The van der Waals surface area contributed by atoms with Crippen LogP contribution in [0.2, 0.25) is 0 Å². The monoisotopic (exact) mass is 390 g/mol. The van der Waals surface area contributed by atoms with Crippen molar-refractivity contribution >= 4 is 29.3 Å². The Bertz CT molecular complexity index is 927. The first-order chi connectivity index (χ1) is 13.6. The van der Waals surface area contributed by atoms with Gasteiger partial charge in [0.25, 0.3) is 0 Å². The van der Waals surface area contributed by atoms with Crippen LogP contribution < -0.4 is 5.32 Å². The fraction of sp³-hybridized carbons (Fsp3) is 0.417. The molecule has 0 bridgehead atoms. The highest BCUT2D eigenvalue weighted by atomic mass is 32.1. The Morgan fingerprint density at radius 1 is 1.29 bits per heavy atom. The van der Waals surface area contributed by atoms with Gasteiger partial charge in [-0.1, -0.05) is 50.2 Å². The molecule has 3 aliphatic rings. The van der Waals surface area contributed by atoms with Crippen molar-refractivity contribution in [3.05, 3.63) is 68.8 Å². The normalized spacial score (nSPS) is 20.2. The van der Waals surface area contributed by atoms with E-state index in [9.17, 15) is 0 Å². The van der Waals surface area contributed by atoms with E-state index in [-0.39, 0.29) is 0 Å². The minimum Gasteiger partial charge on any atom is -0.389 e. The Morgan fingerprint density at radius 3 is 2.89 bits per heavy atom. The van der Waals surface area contributed by atoms with E-state index < -0.39 is 0 Å². The Kier molecular flexibility index (Phi) is 5.53. The van der Waals surface area contributed by atoms with Crippen LogP contribution in [0.15, 0.2) is 36.1 Å². The Labute approximate surface area is 174 Å². The molecule has 3 aliphatic heterocycles. The average molecular weight is 390 g/mol. The molecule has 0 saturated heterocycles. The van der Waals surface area contributed by atoms with Gasteiger partial charge in [0.2, 0.25) is 0 Å². The van der Waals surface area contributed by atoms with Gasteiger partial charge in [-0.05, 0) is 55.4 Å². The van der Waals surface area contributed by atoms with Gasteiger partial charge in [0.15, 0.2) is 6.71 Å². The first-order valence-electron chi connectivity index (χ1n) is 10.6. The topological polar surface area (TPSA) is 15.3 Å². The highest BCUT2D eigenvalue weighted by Crippen LogP contribution is 2.36. The Balaban J connectivity index is 0.000000932. The summed E-state index contributed by atoms with van der Waals surface area (Å²) in [6.45, 7) is 13.2. The van der Waals surface area contributed by atoms with Crippen LogP contribution in [-0.4, -0.2) is 31.1 Å². The number of nitrogens with one attached hydrogen (secondary N) is 1. The minimum absolute atomic E-state index is 0.541. The molecule has 4 heterocycles. The molecule has 2 aromatic rings. The molecule has 1 aromatic carbocycles. The molecule has 0 amide bonds. The summed E-state index contributed by atoms with van der Waals surface area (Å²) in [5, 5.41) is 6.26. The van der Waals surface area contributed by atoms with E-state index in [0.717, 1.165) is 19.3 Å². The summed E-state index contributed by atoms with van der Waals surface area (Å²) < 4.78 is 0. The number of benzene rings is 1. The van der Waals surface area contributed by atoms with Crippen LogP contribution >= 0.6 is 11.3 Å². The summed E-state index contributed by atoms with van der Waals surface area (Å²) in [6.07, 6.45) is 3.43. The van der Waals surface area contributed by atoms with E-state index in [1.807, 2.05) is 25.2 Å². The number of likely N-dealkylation sites (N-methyl/N-ethyl adjacent to an activating group) is 1. The summed E-state index contributed by atoms with van der Waals surface area (Å²) >= 11 is 1.94. The number of nitrogens with zero attached hydrogens (tertiary/aromatic N) is 1. The molecule has 0 saturated carbocycles. The number of allylic oxidation sites excluding steroid dienone is 1. The van der Waals surface area contributed by atoms with E-state index in [2.05, 4.69) is 60.3 Å². The third-order valence-electron chi connectivity index (χ3n) is 6.28. The highest BCUT2D eigenvalue weighted by Gasteiger charge is 2.37. The molecule has 1 unspecified atom stereocenters. The van der Waals surface area contributed by atoms with Crippen LogP contribution in [0.1, 0.15) is 53.5 Å². The number of rotatable bonds is 2. The van der Waals surface area contributed by atoms with Gasteiger partial charge in [-0.3, -0.25) is 0 Å². The third-order valence-corrected chi connectivity index (χ3v) is 7.29. The van der Waals surface area contributed by atoms with Gasteiger partial charge in [0, 0.05) is 40.5 Å². The predicted octanol–water partition coefficient (Wildman–Crippen LogP) is 5.02. The van der Waals surface area contributed by atoms with Crippen molar-refractivity contribution in [2.24, 2.45) is 0 Å². The molecular weight excluding hydrogens is 359 g/mol. The van der Waals surface area contributed by atoms with Crippen LogP contribution in [-0.2, 0) is 25.7 Å². The molecule has 2 nitrogen and oxygen atoms in total. The average Bonchev–Trinajstić information content (AvgIpc) is 3.29. The lowest BCUT2D eigenvalue weighted by Gasteiger charge is -2.28. The smallest absolute Gasteiger partial charge is 0.199 e. The molecular formula is C24H31BN2S. The van der Waals surface area contributed by atoms with Gasteiger partial charge >= 0.3 is 0 Å². The predicted molar refractivity (Wildman–Crippen MR) is 125 cm³/mol. The zero-order chi connectivity index (χ0) is 19.8. The lowest BCUT2D eigenvalue weighted by Crippen LogP contribution is -2.42. The van der Waals surface area contributed by atoms with E-state index in [1.165, 1.54) is 46.5 Å². The van der Waals surface area contributed by atoms with Crippen LogP contribution in [0, 0.1) is 0 Å². The van der Waals surface area contributed by atoms with Crippen LogP contribution in [0.5, 0.6) is 0 Å². The van der Waals surface area contributed by atoms with Crippen molar-refractivity contribution in [3.8, 4) is 0 Å². The SMILES string of the molecule is C=C(C)c1cccc2c1CB1C=C(c3csc4c3CCN(C)C4)NC1C2.CC. The minimum atomic E-state index is 0.541. The summed E-state index contributed by atoms with van der Waals surface area (Å²) in [4.78, 5) is 3.98. The third kappa shape index (κ3) is 3.37. The fourth-order valence-electron chi connectivity index (χ4n) is 4.88. The standard InChI is InChI=1S/C22H25BN2S.C2H6/c1-14(2)16-6-4-5-15-9-22-23(10-18(15)16)11-20(24-22)19-13-26-21-12-25(3)8-7-17(19)21;1-2/h4-6,11,13,22,24H,1,7-10,12H2,2-3H3;1-2H3. The van der Waals surface area contributed by atoms with Crippen molar-refractivity contribution < 1.29 is 0 Å². The first-order valence-corrected chi connectivity index (χ1v) is 11.5. The quantitative estimate of drug-likeness (QED) is 0.725. The fourth-order valence-corrected chi connectivity index (χ4v) is 6.06. The lowest BCUT2D eigenvalue weighted by molar-refractivity contribution is 0.317. The maximum atomic E-state index is 4.20. The first kappa shape index (κ1) is 19.5. The second-order valence-electron chi connectivity index (χ2n) is 8.17. The Hall–Kier alpha value is -1.78. The Morgan fingerprint density at radius 2 is 2.11 bits per heavy atom. The van der Waals surface area contributed by atoms with Crippen molar-refractivity contribution in [1.29, 1.82) is 0 Å². The van der Waals surface area contributed by atoms with Crippen LogP contribution in [0.3, 0.4) is 0 Å². The summed E-state index contributed by atoms with van der Waals surface area (Å²) in [7, 11) is 2.22. The molecule has 0 fully saturated rings. The van der Waals surface area contributed by atoms with Gasteiger partial charge in [-0.25, -0.2) is 0 Å². The van der Waals surface area contributed by atoms with E-state index in [4.69, 9.17) is 0 Å². The molecule has 5 rings (SSSR count). The van der Waals surface area contributed by atoms with Gasteiger partial charge in [-0.2, -0.15) is 0 Å². The maximum Gasteiger partial charge on any atom is 0.199 e. The zero-order valence-electron chi connectivity index (χ0n) is 17.6. The molecule has 0 aliphatic carbocycles. The molecule has 0 spiro atoms. The number of thiophene rings is 1. The van der Waals surface area contributed by atoms with Gasteiger partial charge in [-0.15, -0.1) is 11.3 Å². The van der Waals surface area contributed by atoms with Gasteiger partial charge < -0.3 is 10.2 Å². The molecule has 1 aromatic heterocycles. The summed E-state index contributed by atoms with van der Waals surface area (Å²) in [6, 6.07) is 6.73.